The summed E-state index contributed by atoms with van der Waals surface area (Å²) in [6, 6.07) is 0. The molecule has 0 atom stereocenters. The standard InChI is InChI=1S/C8H16NO4P/c1-7-8(2)13-14(10-4,12-7)9(3)5-6-11-14/h5-6H2,1-4H3. The predicted molar refractivity (Wildman–Crippen MR) is 53.1 cm³/mol. The van der Waals surface area contributed by atoms with Crippen LogP contribution < -0.4 is 0 Å². The Balaban J connectivity index is 2.38. The molecule has 2 rings (SSSR count). The maximum atomic E-state index is 5.74. The Morgan fingerprint density at radius 1 is 1.29 bits per heavy atom. The van der Waals surface area contributed by atoms with E-state index in [1.165, 1.54) is 0 Å². The van der Waals surface area contributed by atoms with Crippen molar-refractivity contribution < 1.29 is 18.1 Å². The molecule has 0 radical (unpaired) electrons. The van der Waals surface area contributed by atoms with Crippen LogP contribution in [0.4, 0.5) is 0 Å². The minimum absolute atomic E-state index is 0.572. The van der Waals surface area contributed by atoms with Gasteiger partial charge < -0.3 is 0 Å². The van der Waals surface area contributed by atoms with E-state index in [2.05, 4.69) is 0 Å². The molecule has 2 aliphatic rings. The quantitative estimate of drug-likeness (QED) is 0.633. The van der Waals surface area contributed by atoms with Crippen molar-refractivity contribution in [1.82, 2.24) is 4.67 Å². The molecule has 0 bridgehead atoms. The topological polar surface area (TPSA) is 40.2 Å². The van der Waals surface area contributed by atoms with Gasteiger partial charge in [0.25, 0.3) is 0 Å². The zero-order chi connectivity index (χ0) is 10.4. The zero-order valence-electron chi connectivity index (χ0n) is 8.94. The van der Waals surface area contributed by atoms with Gasteiger partial charge in [-0.05, 0) is 0 Å². The van der Waals surface area contributed by atoms with Gasteiger partial charge in [-0.2, -0.15) is 0 Å². The van der Waals surface area contributed by atoms with Crippen molar-refractivity contribution in [1.29, 1.82) is 0 Å². The van der Waals surface area contributed by atoms with Crippen LogP contribution in [0.3, 0.4) is 0 Å². The summed E-state index contributed by atoms with van der Waals surface area (Å²) in [5, 5.41) is 0. The summed E-state index contributed by atoms with van der Waals surface area (Å²) < 4.78 is 24.5. The van der Waals surface area contributed by atoms with Gasteiger partial charge in [0.2, 0.25) is 0 Å². The van der Waals surface area contributed by atoms with Crippen LogP contribution in [0, 0.1) is 0 Å². The number of nitrogens with zero attached hydrogens (tertiary/aromatic N) is 1. The molecule has 0 unspecified atom stereocenters. The fraction of sp³-hybridized carbons (Fsp3) is 0.750. The van der Waals surface area contributed by atoms with Crippen molar-refractivity contribution >= 4 is 7.66 Å². The SMILES string of the molecule is COP12(OCCN1C)OC(C)=C(C)O2. The molecule has 0 aliphatic carbocycles. The maximum absolute atomic E-state index is 5.74. The molecule has 6 heteroatoms. The fourth-order valence-electron chi connectivity index (χ4n) is 1.65. The van der Waals surface area contributed by atoms with E-state index in [0.717, 1.165) is 18.1 Å². The molecule has 1 saturated heterocycles. The Morgan fingerprint density at radius 2 is 1.86 bits per heavy atom. The monoisotopic (exact) mass is 221 g/mol. The van der Waals surface area contributed by atoms with E-state index >= 15 is 0 Å². The van der Waals surface area contributed by atoms with Gasteiger partial charge in [0.15, 0.2) is 0 Å². The van der Waals surface area contributed by atoms with E-state index in [-0.39, 0.29) is 0 Å². The number of hydrogen-bond donors (Lipinski definition) is 0. The predicted octanol–water partition coefficient (Wildman–Crippen LogP) is 2.02. The molecule has 14 heavy (non-hydrogen) atoms. The van der Waals surface area contributed by atoms with E-state index in [1.54, 1.807) is 7.11 Å². The van der Waals surface area contributed by atoms with Crippen molar-refractivity contribution in [2.75, 3.05) is 27.3 Å². The van der Waals surface area contributed by atoms with Gasteiger partial charge in [0, 0.05) is 0 Å². The van der Waals surface area contributed by atoms with Crippen molar-refractivity contribution in [3.63, 3.8) is 0 Å². The molecule has 0 aromatic rings. The van der Waals surface area contributed by atoms with Crippen LogP contribution in [0.15, 0.2) is 11.5 Å². The number of allylic oxidation sites excluding steroid dienone is 2. The first-order valence-corrected chi connectivity index (χ1v) is 6.41. The first-order valence-electron chi connectivity index (χ1n) is 4.55. The molecule has 0 aromatic heterocycles. The molecule has 2 aliphatic heterocycles. The Labute approximate surface area is 83.9 Å². The van der Waals surface area contributed by atoms with Crippen molar-refractivity contribution in [2.45, 2.75) is 13.8 Å². The average molecular weight is 221 g/mol. The van der Waals surface area contributed by atoms with Gasteiger partial charge >= 0.3 is 83.1 Å². The van der Waals surface area contributed by atoms with Crippen LogP contribution in [0.1, 0.15) is 13.8 Å². The van der Waals surface area contributed by atoms with Crippen molar-refractivity contribution in [3.05, 3.63) is 11.5 Å². The second-order valence-corrected chi connectivity index (χ2v) is 6.68. The Hall–Kier alpha value is -0.350. The first kappa shape index (κ1) is 10.2. The molecule has 0 amide bonds. The minimum atomic E-state index is -3.44. The van der Waals surface area contributed by atoms with Crippen LogP contribution in [-0.4, -0.2) is 32.0 Å². The third-order valence-corrected chi connectivity index (χ3v) is 6.36. The Morgan fingerprint density at radius 3 is 2.21 bits per heavy atom. The molecule has 1 spiro atoms. The normalized spacial score (nSPS) is 32.4. The Kier molecular flexibility index (Phi) is 2.05. The summed E-state index contributed by atoms with van der Waals surface area (Å²) in [7, 11) is 0.0122. The molecule has 82 valence electrons. The van der Waals surface area contributed by atoms with Gasteiger partial charge in [0.05, 0.1) is 0 Å². The van der Waals surface area contributed by atoms with Crippen LogP contribution in [0.5, 0.6) is 0 Å². The summed E-state index contributed by atoms with van der Waals surface area (Å²) in [5.41, 5.74) is 0. The molecule has 0 saturated carbocycles. The van der Waals surface area contributed by atoms with Gasteiger partial charge in [-0.3, -0.25) is 0 Å². The fourth-order valence-corrected chi connectivity index (χ4v) is 4.77. The van der Waals surface area contributed by atoms with Crippen LogP contribution >= 0.6 is 7.66 Å². The second-order valence-electron chi connectivity index (χ2n) is 3.47. The third kappa shape index (κ3) is 1.04. The van der Waals surface area contributed by atoms with Gasteiger partial charge in [-0.25, -0.2) is 0 Å². The summed E-state index contributed by atoms with van der Waals surface area (Å²) >= 11 is 0. The average Bonchev–Trinajstić information content (AvgIpc) is 2.58. The molecular weight excluding hydrogens is 205 g/mol. The van der Waals surface area contributed by atoms with E-state index in [4.69, 9.17) is 18.1 Å². The van der Waals surface area contributed by atoms with Gasteiger partial charge in [-0.1, -0.05) is 0 Å². The molecule has 5 nitrogen and oxygen atoms in total. The number of likely N-dealkylation sites (N-methyl/N-ethyl adjacent to an activating group) is 1. The van der Waals surface area contributed by atoms with Crippen molar-refractivity contribution in [3.8, 4) is 0 Å². The van der Waals surface area contributed by atoms with E-state index in [9.17, 15) is 0 Å². The van der Waals surface area contributed by atoms with Gasteiger partial charge in [-0.15, -0.1) is 0 Å². The second kappa shape index (κ2) is 2.83. The van der Waals surface area contributed by atoms with Crippen LogP contribution in [0.25, 0.3) is 0 Å². The first-order chi connectivity index (χ1) is 6.52. The summed E-state index contributed by atoms with van der Waals surface area (Å²) in [4.78, 5) is 0. The molecule has 0 N–H and O–H groups in total. The summed E-state index contributed by atoms with van der Waals surface area (Å²) in [6.07, 6.45) is 0. The molecule has 0 aromatic carbocycles. The molecule has 1 fully saturated rings. The summed E-state index contributed by atoms with van der Waals surface area (Å²) in [5.74, 6) is 1.47. The molecular formula is C8H16NO4P. The van der Waals surface area contributed by atoms with Crippen LogP contribution in [-0.2, 0) is 18.1 Å². The van der Waals surface area contributed by atoms with Gasteiger partial charge in [0.1, 0.15) is 0 Å². The zero-order valence-corrected chi connectivity index (χ0v) is 9.84. The summed E-state index contributed by atoms with van der Waals surface area (Å²) in [6.45, 7) is 5.03. The van der Waals surface area contributed by atoms with Crippen molar-refractivity contribution in [2.24, 2.45) is 0 Å². The third-order valence-electron chi connectivity index (χ3n) is 2.66. The van der Waals surface area contributed by atoms with Crippen LogP contribution in [0.2, 0.25) is 0 Å². The van der Waals surface area contributed by atoms with E-state index < -0.39 is 7.66 Å². The number of rotatable bonds is 1. The molecule has 2 heterocycles. The van der Waals surface area contributed by atoms with E-state index in [1.807, 2.05) is 25.6 Å². The number of hydrogen-bond acceptors (Lipinski definition) is 5. The Bertz CT molecular complexity index is 290. The van der Waals surface area contributed by atoms with E-state index in [0.29, 0.717) is 6.61 Å².